The third-order valence-corrected chi connectivity index (χ3v) is 5.63. The zero-order valence-corrected chi connectivity index (χ0v) is 16.6. The van der Waals surface area contributed by atoms with Crippen LogP contribution in [0.25, 0.3) is 10.2 Å². The molecule has 27 heavy (non-hydrogen) atoms. The Hall–Kier alpha value is -2.59. The summed E-state index contributed by atoms with van der Waals surface area (Å²) in [5.74, 6) is 1.38. The molecule has 0 aliphatic heterocycles. The number of methoxy groups -OCH3 is 1. The molecular formula is C17H18N4O4S2. The summed E-state index contributed by atoms with van der Waals surface area (Å²) in [4.78, 5) is 28.6. The molecule has 0 fully saturated rings. The molecule has 2 N–H and O–H groups in total. The van der Waals surface area contributed by atoms with Gasteiger partial charge in [-0.1, -0.05) is 16.5 Å². The van der Waals surface area contributed by atoms with Crippen LogP contribution < -0.4 is 15.4 Å². The van der Waals surface area contributed by atoms with E-state index in [4.69, 9.17) is 9.26 Å². The number of aromatic nitrogens is 2. The van der Waals surface area contributed by atoms with Gasteiger partial charge in [0, 0.05) is 6.07 Å². The molecule has 0 bridgehead atoms. The monoisotopic (exact) mass is 406 g/mol. The number of hydrogen-bond donors (Lipinski definition) is 2. The number of hydrogen-bond acceptors (Lipinski definition) is 8. The second kappa shape index (κ2) is 8.40. The van der Waals surface area contributed by atoms with E-state index in [1.807, 2.05) is 18.2 Å². The van der Waals surface area contributed by atoms with Crippen molar-refractivity contribution in [2.45, 2.75) is 19.1 Å². The van der Waals surface area contributed by atoms with Gasteiger partial charge in [-0.2, -0.15) is 0 Å². The lowest BCUT2D eigenvalue weighted by molar-refractivity contribution is -0.115. The average Bonchev–Trinajstić information content (AvgIpc) is 3.23. The number of thioether (sulfide) groups is 1. The lowest BCUT2D eigenvalue weighted by atomic mass is 10.3. The smallest absolute Gasteiger partial charge is 0.238 e. The van der Waals surface area contributed by atoms with Crippen molar-refractivity contribution in [1.29, 1.82) is 0 Å². The molecule has 0 unspecified atom stereocenters. The number of nitrogens with one attached hydrogen (secondary N) is 2. The Morgan fingerprint density at radius 3 is 2.85 bits per heavy atom. The molecule has 0 aliphatic carbocycles. The van der Waals surface area contributed by atoms with E-state index in [0.29, 0.717) is 16.7 Å². The second-order valence-corrected chi connectivity index (χ2v) is 8.03. The molecular weight excluding hydrogens is 388 g/mol. The Bertz CT molecular complexity index is 969. The van der Waals surface area contributed by atoms with E-state index >= 15 is 0 Å². The Morgan fingerprint density at radius 1 is 1.33 bits per heavy atom. The van der Waals surface area contributed by atoms with Crippen molar-refractivity contribution in [2.24, 2.45) is 0 Å². The highest BCUT2D eigenvalue weighted by Crippen LogP contribution is 2.29. The van der Waals surface area contributed by atoms with Gasteiger partial charge in [-0.05, 0) is 32.0 Å². The maximum atomic E-state index is 12.2. The van der Waals surface area contributed by atoms with E-state index in [1.54, 1.807) is 27.0 Å². The summed E-state index contributed by atoms with van der Waals surface area (Å²) in [5.41, 5.74) is 0.791. The molecule has 0 spiro atoms. The van der Waals surface area contributed by atoms with E-state index in [1.165, 1.54) is 23.1 Å². The molecule has 2 aromatic heterocycles. The first kappa shape index (κ1) is 19.2. The molecule has 1 atom stereocenters. The fourth-order valence-corrected chi connectivity index (χ4v) is 3.76. The SMILES string of the molecule is COc1ccc2nc(NC(=O)CS[C@@H](C)C(=O)Nc3cc(C)on3)sc2c1. The summed E-state index contributed by atoms with van der Waals surface area (Å²) in [6, 6.07) is 7.16. The number of benzene rings is 1. The first-order chi connectivity index (χ1) is 12.9. The van der Waals surface area contributed by atoms with Gasteiger partial charge < -0.3 is 19.9 Å². The molecule has 8 nitrogen and oxygen atoms in total. The number of fused-ring (bicyclic) bond motifs is 1. The van der Waals surface area contributed by atoms with Gasteiger partial charge in [0.15, 0.2) is 10.9 Å². The highest BCUT2D eigenvalue weighted by molar-refractivity contribution is 8.01. The summed E-state index contributed by atoms with van der Waals surface area (Å²) >= 11 is 2.59. The first-order valence-electron chi connectivity index (χ1n) is 8.05. The van der Waals surface area contributed by atoms with Crippen LogP contribution in [0.15, 0.2) is 28.8 Å². The van der Waals surface area contributed by atoms with E-state index in [-0.39, 0.29) is 17.6 Å². The zero-order chi connectivity index (χ0) is 19.4. The number of anilines is 2. The summed E-state index contributed by atoms with van der Waals surface area (Å²) in [6.45, 7) is 3.47. The number of nitrogens with zero attached hydrogens (tertiary/aromatic N) is 2. The van der Waals surface area contributed by atoms with Crippen molar-refractivity contribution in [3.8, 4) is 5.75 Å². The maximum absolute atomic E-state index is 12.2. The highest BCUT2D eigenvalue weighted by Gasteiger charge is 2.17. The zero-order valence-electron chi connectivity index (χ0n) is 14.9. The van der Waals surface area contributed by atoms with Crippen LogP contribution in [0.1, 0.15) is 12.7 Å². The first-order valence-corrected chi connectivity index (χ1v) is 9.91. The Labute approximate surface area is 163 Å². The van der Waals surface area contributed by atoms with Gasteiger partial charge in [0.2, 0.25) is 11.8 Å². The number of aryl methyl sites for hydroxylation is 1. The summed E-state index contributed by atoms with van der Waals surface area (Å²) in [6.07, 6.45) is 0. The molecule has 142 valence electrons. The Kier molecular flexibility index (Phi) is 5.97. The van der Waals surface area contributed by atoms with Gasteiger partial charge >= 0.3 is 0 Å². The van der Waals surface area contributed by atoms with Crippen LogP contribution in [-0.4, -0.2) is 40.1 Å². The molecule has 2 heterocycles. The summed E-state index contributed by atoms with van der Waals surface area (Å²) < 4.78 is 11.0. The van der Waals surface area contributed by atoms with Crippen LogP contribution in [0.4, 0.5) is 10.9 Å². The predicted octanol–water partition coefficient (Wildman–Crippen LogP) is 3.30. The molecule has 3 rings (SSSR count). The molecule has 1 aromatic carbocycles. The largest absolute Gasteiger partial charge is 0.497 e. The number of amides is 2. The minimum atomic E-state index is -0.424. The van der Waals surface area contributed by atoms with Crippen LogP contribution in [-0.2, 0) is 9.59 Å². The van der Waals surface area contributed by atoms with Crippen LogP contribution in [0.3, 0.4) is 0 Å². The Morgan fingerprint density at radius 2 is 2.15 bits per heavy atom. The van der Waals surface area contributed by atoms with Gasteiger partial charge in [0.05, 0.1) is 28.3 Å². The van der Waals surface area contributed by atoms with E-state index in [2.05, 4.69) is 20.8 Å². The number of carbonyl (C=O) groups is 2. The van der Waals surface area contributed by atoms with Crippen molar-refractivity contribution >= 4 is 56.1 Å². The molecule has 0 radical (unpaired) electrons. The second-order valence-electron chi connectivity index (χ2n) is 5.67. The summed E-state index contributed by atoms with van der Waals surface area (Å²) in [5, 5.41) is 9.21. The fraction of sp³-hybridized carbons (Fsp3) is 0.294. The number of rotatable bonds is 7. The number of carbonyl (C=O) groups excluding carboxylic acids is 2. The van der Waals surface area contributed by atoms with Crippen molar-refractivity contribution in [3.05, 3.63) is 30.0 Å². The van der Waals surface area contributed by atoms with Crippen LogP contribution in [0, 0.1) is 6.92 Å². The molecule has 10 heteroatoms. The normalized spacial score (nSPS) is 12.0. The fourth-order valence-electron chi connectivity index (χ4n) is 2.17. The van der Waals surface area contributed by atoms with Crippen molar-refractivity contribution < 1.29 is 18.8 Å². The summed E-state index contributed by atoms with van der Waals surface area (Å²) in [7, 11) is 1.60. The maximum Gasteiger partial charge on any atom is 0.238 e. The van der Waals surface area contributed by atoms with Gasteiger partial charge in [-0.25, -0.2) is 4.98 Å². The minimum absolute atomic E-state index is 0.131. The predicted molar refractivity (Wildman–Crippen MR) is 107 cm³/mol. The van der Waals surface area contributed by atoms with Gasteiger partial charge in [-0.15, -0.1) is 11.8 Å². The van der Waals surface area contributed by atoms with Crippen LogP contribution in [0.2, 0.25) is 0 Å². The molecule has 2 amide bonds. The van der Waals surface area contributed by atoms with Crippen molar-refractivity contribution in [1.82, 2.24) is 10.1 Å². The standard InChI is InChI=1S/C17H18N4O4S2/c1-9-6-14(21-25-9)19-16(23)10(2)26-8-15(22)20-17-18-12-5-4-11(24-3)7-13(12)27-17/h4-7,10H,8H2,1-3H3,(H,18,20,22)(H,19,21,23)/t10-/m0/s1. The van der Waals surface area contributed by atoms with E-state index < -0.39 is 5.25 Å². The van der Waals surface area contributed by atoms with Crippen LogP contribution >= 0.6 is 23.1 Å². The number of ether oxygens (including phenoxy) is 1. The topological polar surface area (TPSA) is 106 Å². The molecule has 0 saturated heterocycles. The average molecular weight is 406 g/mol. The third kappa shape index (κ3) is 4.98. The van der Waals surface area contributed by atoms with Gasteiger partial charge in [0.1, 0.15) is 11.5 Å². The third-order valence-electron chi connectivity index (χ3n) is 3.55. The van der Waals surface area contributed by atoms with Gasteiger partial charge in [-0.3, -0.25) is 9.59 Å². The lowest BCUT2D eigenvalue weighted by Crippen LogP contribution is -2.25. The van der Waals surface area contributed by atoms with Crippen molar-refractivity contribution in [2.75, 3.05) is 23.5 Å². The quantitative estimate of drug-likeness (QED) is 0.620. The molecule has 0 saturated carbocycles. The van der Waals surface area contributed by atoms with Crippen molar-refractivity contribution in [3.63, 3.8) is 0 Å². The lowest BCUT2D eigenvalue weighted by Gasteiger charge is -2.09. The number of thiazole rings is 1. The minimum Gasteiger partial charge on any atom is -0.497 e. The van der Waals surface area contributed by atoms with Crippen LogP contribution in [0.5, 0.6) is 5.75 Å². The van der Waals surface area contributed by atoms with E-state index in [9.17, 15) is 9.59 Å². The van der Waals surface area contributed by atoms with Gasteiger partial charge in [0.25, 0.3) is 0 Å². The van der Waals surface area contributed by atoms with E-state index in [0.717, 1.165) is 16.0 Å². The Balaban J connectivity index is 1.50. The molecule has 3 aromatic rings. The highest BCUT2D eigenvalue weighted by atomic mass is 32.2. The molecule has 0 aliphatic rings.